The van der Waals surface area contributed by atoms with Crippen molar-refractivity contribution in [2.75, 3.05) is 6.54 Å². The Bertz CT molecular complexity index is 346. The number of hydrogen-bond donors (Lipinski definition) is 2. The molecule has 2 N–H and O–H groups in total. The third-order valence-corrected chi connectivity index (χ3v) is 3.05. The van der Waals surface area contributed by atoms with Gasteiger partial charge in [0.15, 0.2) is 0 Å². The lowest BCUT2D eigenvalue weighted by molar-refractivity contribution is -0.124. The van der Waals surface area contributed by atoms with Gasteiger partial charge in [-0.05, 0) is 30.7 Å². The van der Waals surface area contributed by atoms with E-state index in [0.29, 0.717) is 6.54 Å². The molecule has 1 heterocycles. The molecule has 1 aromatic carbocycles. The molecule has 0 saturated carbocycles. The smallest absolute Gasteiger partial charge is 0.237 e. The zero-order chi connectivity index (χ0) is 10.7. The number of amides is 1. The van der Waals surface area contributed by atoms with E-state index in [-0.39, 0.29) is 11.9 Å². The molecule has 0 radical (unpaired) electrons. The number of benzene rings is 1. The van der Waals surface area contributed by atoms with Crippen LogP contribution < -0.4 is 10.6 Å². The van der Waals surface area contributed by atoms with E-state index in [1.807, 2.05) is 24.3 Å². The van der Waals surface area contributed by atoms with E-state index in [1.165, 1.54) is 0 Å². The van der Waals surface area contributed by atoms with Crippen molar-refractivity contribution in [3.63, 3.8) is 0 Å². The molecular weight excluding hydrogens is 256 g/mol. The van der Waals surface area contributed by atoms with Gasteiger partial charge in [0.1, 0.15) is 0 Å². The molecule has 1 fully saturated rings. The van der Waals surface area contributed by atoms with Crippen LogP contribution in [0, 0.1) is 0 Å². The van der Waals surface area contributed by atoms with E-state index in [4.69, 9.17) is 0 Å². The van der Waals surface area contributed by atoms with Crippen LogP contribution in [0.2, 0.25) is 0 Å². The van der Waals surface area contributed by atoms with Gasteiger partial charge < -0.3 is 10.6 Å². The number of carbonyl (C=O) groups excluding carboxylic acids is 1. The minimum absolute atomic E-state index is 0.0282. The van der Waals surface area contributed by atoms with Crippen molar-refractivity contribution in [2.24, 2.45) is 0 Å². The second kappa shape index (κ2) is 4.77. The van der Waals surface area contributed by atoms with E-state index in [1.54, 1.807) is 0 Å². The fraction of sp³-hybridized carbons (Fsp3) is 0.364. The van der Waals surface area contributed by atoms with Gasteiger partial charge in [-0.25, -0.2) is 0 Å². The van der Waals surface area contributed by atoms with Crippen molar-refractivity contribution in [1.29, 1.82) is 0 Å². The lowest BCUT2D eigenvalue weighted by atomic mass is 10.1. The monoisotopic (exact) mass is 268 g/mol. The number of rotatable bonds is 3. The summed E-state index contributed by atoms with van der Waals surface area (Å²) in [6, 6.07) is 7.98. The van der Waals surface area contributed by atoms with Crippen LogP contribution in [0.4, 0.5) is 0 Å². The Balaban J connectivity index is 1.82. The highest BCUT2D eigenvalue weighted by Gasteiger charge is 2.23. The van der Waals surface area contributed by atoms with E-state index >= 15 is 0 Å². The third kappa shape index (κ3) is 2.79. The maximum Gasteiger partial charge on any atom is 0.237 e. The summed E-state index contributed by atoms with van der Waals surface area (Å²) in [5.41, 5.74) is 1.12. The first-order valence-electron chi connectivity index (χ1n) is 5.01. The first-order valence-corrected chi connectivity index (χ1v) is 5.80. The Morgan fingerprint density at radius 3 is 2.67 bits per heavy atom. The fourth-order valence-corrected chi connectivity index (χ4v) is 1.69. The number of carbonyl (C=O) groups is 1. The summed E-state index contributed by atoms with van der Waals surface area (Å²) >= 11 is 3.37. The van der Waals surface area contributed by atoms with Crippen molar-refractivity contribution in [1.82, 2.24) is 10.6 Å². The molecule has 15 heavy (non-hydrogen) atoms. The zero-order valence-electron chi connectivity index (χ0n) is 8.29. The molecule has 0 unspecified atom stereocenters. The van der Waals surface area contributed by atoms with Crippen LogP contribution in [0.1, 0.15) is 12.0 Å². The molecule has 1 aliphatic rings. The van der Waals surface area contributed by atoms with Gasteiger partial charge in [0.05, 0.1) is 6.04 Å². The average Bonchev–Trinajstić information content (AvgIpc) is 2.14. The van der Waals surface area contributed by atoms with Crippen LogP contribution in [-0.4, -0.2) is 18.5 Å². The molecular formula is C11H13BrN2O. The summed E-state index contributed by atoms with van der Waals surface area (Å²) in [4.78, 5) is 11.5. The predicted molar refractivity (Wildman–Crippen MR) is 62.4 cm³/mol. The van der Waals surface area contributed by atoms with Crippen molar-refractivity contribution in [3.8, 4) is 0 Å². The quantitative estimate of drug-likeness (QED) is 0.871. The summed E-state index contributed by atoms with van der Waals surface area (Å²) in [7, 11) is 0. The highest BCUT2D eigenvalue weighted by atomic mass is 79.9. The number of hydrogen-bond acceptors (Lipinski definition) is 2. The van der Waals surface area contributed by atoms with Gasteiger partial charge in [-0.2, -0.15) is 0 Å². The summed E-state index contributed by atoms with van der Waals surface area (Å²) in [5.74, 6) is 0.101. The van der Waals surface area contributed by atoms with E-state index in [9.17, 15) is 4.79 Å². The van der Waals surface area contributed by atoms with Gasteiger partial charge in [-0.15, -0.1) is 0 Å². The molecule has 2 rings (SSSR count). The molecule has 1 atom stereocenters. The Hall–Kier alpha value is -0.870. The van der Waals surface area contributed by atoms with Gasteiger partial charge in [-0.3, -0.25) is 4.79 Å². The van der Waals surface area contributed by atoms with Crippen LogP contribution in [0.25, 0.3) is 0 Å². The standard InChI is InChI=1S/C11H13BrN2O/c12-9-3-1-8(2-4-9)7-14-11(15)10-5-6-13-10/h1-4,10,13H,5-7H2,(H,14,15)/t10-/m1/s1. The van der Waals surface area contributed by atoms with E-state index < -0.39 is 0 Å². The van der Waals surface area contributed by atoms with Crippen LogP contribution in [-0.2, 0) is 11.3 Å². The van der Waals surface area contributed by atoms with Crippen molar-refractivity contribution >= 4 is 21.8 Å². The SMILES string of the molecule is O=C(NCc1ccc(Br)cc1)[C@H]1CCN1. The highest BCUT2D eigenvalue weighted by Crippen LogP contribution is 2.10. The molecule has 0 spiro atoms. The van der Waals surface area contributed by atoms with Crippen molar-refractivity contribution < 1.29 is 4.79 Å². The fourth-order valence-electron chi connectivity index (χ4n) is 1.43. The van der Waals surface area contributed by atoms with Gasteiger partial charge in [0, 0.05) is 11.0 Å². The zero-order valence-corrected chi connectivity index (χ0v) is 9.88. The van der Waals surface area contributed by atoms with Crippen LogP contribution >= 0.6 is 15.9 Å². The van der Waals surface area contributed by atoms with Crippen LogP contribution in [0.5, 0.6) is 0 Å². The maximum atomic E-state index is 11.5. The molecule has 4 heteroatoms. The predicted octanol–water partition coefficient (Wildman–Crippen LogP) is 1.43. The topological polar surface area (TPSA) is 41.1 Å². The molecule has 0 aromatic heterocycles. The molecule has 1 amide bonds. The molecule has 3 nitrogen and oxygen atoms in total. The summed E-state index contributed by atoms with van der Waals surface area (Å²) in [5, 5.41) is 5.97. The van der Waals surface area contributed by atoms with E-state index in [0.717, 1.165) is 23.0 Å². The van der Waals surface area contributed by atoms with Crippen LogP contribution in [0.15, 0.2) is 28.7 Å². The maximum absolute atomic E-state index is 11.5. The van der Waals surface area contributed by atoms with Crippen molar-refractivity contribution in [2.45, 2.75) is 19.0 Å². The average molecular weight is 269 g/mol. The Labute approximate surface area is 97.4 Å². The number of halogens is 1. The molecule has 0 aliphatic carbocycles. The highest BCUT2D eigenvalue weighted by molar-refractivity contribution is 9.10. The second-order valence-corrected chi connectivity index (χ2v) is 4.56. The largest absolute Gasteiger partial charge is 0.351 e. The Morgan fingerprint density at radius 2 is 2.13 bits per heavy atom. The molecule has 1 aromatic rings. The number of nitrogens with one attached hydrogen (secondary N) is 2. The first-order chi connectivity index (χ1) is 7.25. The minimum atomic E-state index is 0.0282. The summed E-state index contributed by atoms with van der Waals surface area (Å²) in [6.07, 6.45) is 0.951. The van der Waals surface area contributed by atoms with E-state index in [2.05, 4.69) is 26.6 Å². The van der Waals surface area contributed by atoms with Gasteiger partial charge >= 0.3 is 0 Å². The van der Waals surface area contributed by atoms with Crippen LogP contribution in [0.3, 0.4) is 0 Å². The Kier molecular flexibility index (Phi) is 3.38. The second-order valence-electron chi connectivity index (χ2n) is 3.64. The lowest BCUT2D eigenvalue weighted by Gasteiger charge is -2.26. The molecule has 0 bridgehead atoms. The normalized spacial score (nSPS) is 19.4. The molecule has 80 valence electrons. The van der Waals surface area contributed by atoms with Gasteiger partial charge in [-0.1, -0.05) is 28.1 Å². The lowest BCUT2D eigenvalue weighted by Crippen LogP contribution is -2.52. The summed E-state index contributed by atoms with van der Waals surface area (Å²) < 4.78 is 1.05. The molecule has 1 saturated heterocycles. The Morgan fingerprint density at radius 1 is 1.47 bits per heavy atom. The summed E-state index contributed by atoms with van der Waals surface area (Å²) in [6.45, 7) is 1.56. The van der Waals surface area contributed by atoms with Crippen molar-refractivity contribution in [3.05, 3.63) is 34.3 Å². The molecule has 1 aliphatic heterocycles. The third-order valence-electron chi connectivity index (χ3n) is 2.52. The minimum Gasteiger partial charge on any atom is -0.351 e. The van der Waals surface area contributed by atoms with Gasteiger partial charge in [0.25, 0.3) is 0 Å². The first kappa shape index (κ1) is 10.6. The van der Waals surface area contributed by atoms with Gasteiger partial charge in [0.2, 0.25) is 5.91 Å².